The normalized spacial score (nSPS) is 15.1. The van der Waals surface area contributed by atoms with E-state index in [2.05, 4.69) is 42.8 Å². The zero-order valence-corrected chi connectivity index (χ0v) is 26.7. The third-order valence-electron chi connectivity index (χ3n) is 8.53. The van der Waals surface area contributed by atoms with Crippen LogP contribution in [0.15, 0.2) is 78.9 Å². The molecule has 3 N–H and O–H groups in total. The molecule has 0 aliphatic carbocycles. The lowest BCUT2D eigenvalue weighted by molar-refractivity contribution is 0.0916. The van der Waals surface area contributed by atoms with Gasteiger partial charge in [-0.1, -0.05) is 68.8 Å². The number of hydrogen-bond acceptors (Lipinski definition) is 5. The van der Waals surface area contributed by atoms with Crippen LogP contribution < -0.4 is 16.0 Å². The summed E-state index contributed by atoms with van der Waals surface area (Å²) in [6, 6.07) is 26.8. The molecule has 2 heterocycles. The minimum atomic E-state index is -0.383. The van der Waals surface area contributed by atoms with Crippen molar-refractivity contribution in [3.63, 3.8) is 0 Å². The van der Waals surface area contributed by atoms with Crippen molar-refractivity contribution >= 4 is 23.3 Å². The van der Waals surface area contributed by atoms with Crippen LogP contribution in [0.25, 0.3) is 5.69 Å². The van der Waals surface area contributed by atoms with Crippen molar-refractivity contribution in [1.29, 1.82) is 5.26 Å². The van der Waals surface area contributed by atoms with Crippen LogP contribution in [0.1, 0.15) is 85.1 Å². The van der Waals surface area contributed by atoms with E-state index in [9.17, 15) is 14.9 Å². The lowest BCUT2D eigenvalue weighted by atomic mass is 9.76. The van der Waals surface area contributed by atoms with Gasteiger partial charge in [-0.05, 0) is 87.2 Å². The number of nitrogens with one attached hydrogen (secondary N) is 3. The summed E-state index contributed by atoms with van der Waals surface area (Å²) in [6.07, 6.45) is 1.80. The Morgan fingerprint density at radius 3 is 2.29 bits per heavy atom. The number of ketones is 1. The predicted molar refractivity (Wildman–Crippen MR) is 179 cm³/mol. The molecule has 0 saturated carbocycles. The number of aromatic nitrogens is 2. The van der Waals surface area contributed by atoms with E-state index in [1.54, 1.807) is 4.68 Å². The van der Waals surface area contributed by atoms with E-state index in [1.165, 1.54) is 0 Å². The lowest BCUT2D eigenvalue weighted by Gasteiger charge is -2.30. The van der Waals surface area contributed by atoms with Gasteiger partial charge in [0, 0.05) is 22.7 Å². The number of urea groups is 1. The number of nitrogens with zero attached hydrogens (tertiary/aromatic N) is 3. The van der Waals surface area contributed by atoms with Crippen molar-refractivity contribution in [2.45, 2.75) is 64.7 Å². The Bertz CT molecular complexity index is 1690. The molecule has 1 saturated heterocycles. The van der Waals surface area contributed by atoms with Crippen molar-refractivity contribution < 1.29 is 9.59 Å². The third-order valence-corrected chi connectivity index (χ3v) is 8.53. The Kier molecular flexibility index (Phi) is 9.50. The number of rotatable bonds is 8. The Hall–Kier alpha value is -4.74. The van der Waals surface area contributed by atoms with E-state index in [1.807, 2.05) is 92.7 Å². The van der Waals surface area contributed by atoms with Crippen molar-refractivity contribution in [3.8, 4) is 11.8 Å². The van der Waals surface area contributed by atoms with Gasteiger partial charge in [0.05, 0.1) is 29.3 Å². The van der Waals surface area contributed by atoms with Crippen LogP contribution in [0.2, 0.25) is 0 Å². The van der Waals surface area contributed by atoms with Gasteiger partial charge in [-0.2, -0.15) is 10.4 Å². The number of carbonyl (C=O) groups excluding carboxylic acids is 2. The number of nitriles is 1. The summed E-state index contributed by atoms with van der Waals surface area (Å²) in [4.78, 5) is 27.2. The maximum absolute atomic E-state index is 14.0. The van der Waals surface area contributed by atoms with E-state index in [-0.39, 0.29) is 35.0 Å². The molecule has 8 heteroatoms. The summed E-state index contributed by atoms with van der Waals surface area (Å²) in [5.74, 6) is 0.218. The van der Waals surface area contributed by atoms with Crippen LogP contribution in [0.4, 0.5) is 16.3 Å². The largest absolute Gasteiger partial charge is 0.324 e. The van der Waals surface area contributed by atoms with Crippen LogP contribution in [0.5, 0.6) is 0 Å². The number of Topliss-reactive ketones (excluding diaryl/α,β-unsaturated/α-hetero) is 1. The van der Waals surface area contributed by atoms with E-state index < -0.39 is 0 Å². The van der Waals surface area contributed by atoms with Crippen molar-refractivity contribution in [1.82, 2.24) is 15.1 Å². The minimum Gasteiger partial charge on any atom is -0.317 e. The first-order valence-electron chi connectivity index (χ1n) is 15.6. The van der Waals surface area contributed by atoms with Crippen molar-refractivity contribution in [3.05, 3.63) is 107 Å². The predicted octanol–water partition coefficient (Wildman–Crippen LogP) is 7.72. The number of benzene rings is 3. The highest BCUT2D eigenvalue weighted by Crippen LogP contribution is 2.35. The van der Waals surface area contributed by atoms with Gasteiger partial charge in [-0.15, -0.1) is 0 Å². The van der Waals surface area contributed by atoms with Crippen LogP contribution in [0, 0.1) is 24.2 Å². The summed E-state index contributed by atoms with van der Waals surface area (Å²) in [7, 11) is 0. The summed E-state index contributed by atoms with van der Waals surface area (Å²) < 4.78 is 1.75. The van der Waals surface area contributed by atoms with E-state index in [4.69, 9.17) is 5.10 Å². The first-order chi connectivity index (χ1) is 21.5. The van der Waals surface area contributed by atoms with Crippen LogP contribution in [0.3, 0.4) is 0 Å². The Morgan fingerprint density at radius 1 is 0.956 bits per heavy atom. The number of anilines is 2. The summed E-state index contributed by atoms with van der Waals surface area (Å²) in [5.41, 5.74) is 5.68. The quantitative estimate of drug-likeness (QED) is 0.179. The van der Waals surface area contributed by atoms with Crippen molar-refractivity contribution in [2.24, 2.45) is 5.92 Å². The molecule has 3 aromatic carbocycles. The highest BCUT2D eigenvalue weighted by Gasteiger charge is 2.32. The fraction of sp³-hybridized carbons (Fsp3) is 0.351. The topological polar surface area (TPSA) is 112 Å². The third kappa shape index (κ3) is 7.50. The van der Waals surface area contributed by atoms with Gasteiger partial charge in [0.2, 0.25) is 0 Å². The molecule has 4 aromatic rings. The van der Waals surface area contributed by atoms with Crippen molar-refractivity contribution in [2.75, 3.05) is 23.7 Å². The van der Waals surface area contributed by atoms with Gasteiger partial charge >= 0.3 is 6.03 Å². The van der Waals surface area contributed by atoms with E-state index in [0.29, 0.717) is 17.1 Å². The zero-order chi connectivity index (χ0) is 32.1. The van der Waals surface area contributed by atoms with Gasteiger partial charge in [0.25, 0.3) is 0 Å². The molecular weight excluding hydrogens is 560 g/mol. The monoisotopic (exact) mass is 602 g/mol. The number of carbonyl (C=O) groups is 2. The number of aryl methyl sites for hydroxylation is 1. The average molecular weight is 603 g/mol. The molecule has 0 bridgehead atoms. The highest BCUT2D eigenvalue weighted by atomic mass is 16.2. The fourth-order valence-corrected chi connectivity index (χ4v) is 5.80. The molecule has 5 rings (SSSR count). The number of hydrogen-bond donors (Lipinski definition) is 3. The Balaban J connectivity index is 1.36. The molecule has 2 amide bonds. The molecule has 45 heavy (non-hydrogen) atoms. The summed E-state index contributed by atoms with van der Waals surface area (Å²) in [5, 5.41) is 23.5. The maximum Gasteiger partial charge on any atom is 0.324 e. The molecule has 1 aliphatic heterocycles. The van der Waals surface area contributed by atoms with Gasteiger partial charge in [-0.25, -0.2) is 9.48 Å². The van der Waals surface area contributed by atoms with Crippen LogP contribution in [-0.2, 0) is 5.41 Å². The molecule has 2 unspecified atom stereocenters. The molecule has 1 aliphatic rings. The molecule has 8 nitrogen and oxygen atoms in total. The van der Waals surface area contributed by atoms with Gasteiger partial charge in [-0.3, -0.25) is 10.1 Å². The molecule has 2 atom stereocenters. The van der Waals surface area contributed by atoms with E-state index >= 15 is 0 Å². The second-order valence-corrected chi connectivity index (χ2v) is 13.0. The standard InChI is InChI=1S/C37H42N6O2/c1-24-9-15-31(16-10-24)43-33(22-32(42-43)37(3,4)5)41-36(45)40-30-13-11-26(12-14-30)34(27-17-19-39-20-18-27)35(44)29-8-6-7-28(21-29)25(2)23-38/h6-16,21-22,25,27,34,39H,17-20H2,1-5H3,(H2,40,41,45). The van der Waals surface area contributed by atoms with Gasteiger partial charge < -0.3 is 10.6 Å². The smallest absolute Gasteiger partial charge is 0.317 e. The summed E-state index contributed by atoms with van der Waals surface area (Å²) >= 11 is 0. The van der Waals surface area contributed by atoms with Crippen LogP contribution in [-0.4, -0.2) is 34.7 Å². The van der Waals surface area contributed by atoms with Gasteiger partial charge in [0.1, 0.15) is 5.82 Å². The minimum absolute atomic E-state index is 0.0614. The molecule has 1 aromatic heterocycles. The lowest BCUT2D eigenvalue weighted by Crippen LogP contribution is -2.33. The first kappa shape index (κ1) is 31.7. The molecule has 1 fully saturated rings. The van der Waals surface area contributed by atoms with E-state index in [0.717, 1.165) is 54.0 Å². The number of amides is 2. The molecule has 232 valence electrons. The summed E-state index contributed by atoms with van der Waals surface area (Å²) in [6.45, 7) is 11.9. The Morgan fingerprint density at radius 2 is 1.64 bits per heavy atom. The highest BCUT2D eigenvalue weighted by molar-refractivity contribution is 6.02. The Labute approximate surface area is 265 Å². The molecule has 0 spiro atoms. The average Bonchev–Trinajstić information content (AvgIpc) is 3.46. The van der Waals surface area contributed by atoms with Crippen LogP contribution >= 0.6 is 0 Å². The van der Waals surface area contributed by atoms with Gasteiger partial charge in [0.15, 0.2) is 5.78 Å². The zero-order valence-electron chi connectivity index (χ0n) is 26.7. The second-order valence-electron chi connectivity index (χ2n) is 13.0. The number of piperidine rings is 1. The first-order valence-corrected chi connectivity index (χ1v) is 15.6. The fourth-order valence-electron chi connectivity index (χ4n) is 5.80. The SMILES string of the molecule is Cc1ccc(-n2nc(C(C)(C)C)cc2NC(=O)Nc2ccc(C(C(=O)c3cccc(C(C)C#N)c3)C3CCNCC3)cc2)cc1. The second kappa shape index (κ2) is 13.5. The maximum atomic E-state index is 14.0. The molecular formula is C37H42N6O2. The molecule has 0 radical (unpaired) electrons.